The van der Waals surface area contributed by atoms with Crippen molar-refractivity contribution in [3.63, 3.8) is 0 Å². The molecule has 35 heavy (non-hydrogen) atoms. The van der Waals surface area contributed by atoms with E-state index in [0.29, 0.717) is 41.9 Å². The third kappa shape index (κ3) is 5.89. The van der Waals surface area contributed by atoms with Gasteiger partial charge in [-0.2, -0.15) is 0 Å². The zero-order valence-corrected chi connectivity index (χ0v) is 20.2. The summed E-state index contributed by atoms with van der Waals surface area (Å²) < 4.78 is 5.12. The lowest BCUT2D eigenvalue weighted by Crippen LogP contribution is -2.37. The van der Waals surface area contributed by atoms with Crippen molar-refractivity contribution in [1.82, 2.24) is 5.32 Å². The van der Waals surface area contributed by atoms with Gasteiger partial charge in [0.15, 0.2) is 0 Å². The fourth-order valence-corrected chi connectivity index (χ4v) is 5.21. The van der Waals surface area contributed by atoms with Gasteiger partial charge in [-0.1, -0.05) is 36.8 Å². The van der Waals surface area contributed by atoms with E-state index in [9.17, 15) is 14.4 Å². The van der Waals surface area contributed by atoms with Gasteiger partial charge in [-0.25, -0.2) is 0 Å². The summed E-state index contributed by atoms with van der Waals surface area (Å²) in [5.41, 5.74) is 8.11. The summed E-state index contributed by atoms with van der Waals surface area (Å²) in [7, 11) is 1.47. The monoisotopic (exact) mass is 478 g/mol. The van der Waals surface area contributed by atoms with Gasteiger partial charge in [-0.15, -0.1) is 0 Å². The van der Waals surface area contributed by atoms with Crippen molar-refractivity contribution in [2.75, 3.05) is 37.0 Å². The predicted molar refractivity (Wildman–Crippen MR) is 135 cm³/mol. The maximum Gasteiger partial charge on any atom is 0.253 e. The van der Waals surface area contributed by atoms with Gasteiger partial charge in [0.1, 0.15) is 6.61 Å². The standard InChI is InChI=1S/C27H34N4O4/c1-35-17-26(33)31-23-11-10-21(27(34)29-16-19-7-5-6-18(12-19)15-28)13-22(23)30-25(32)14-24(31)20-8-3-2-4-9-20/h2-4,8-11,13,18-19,24H,5-7,12,14-17,28H2,1H3,(H,29,34)(H,30,32). The third-order valence-corrected chi connectivity index (χ3v) is 6.98. The Labute approximate surface area is 206 Å². The molecule has 3 atom stereocenters. The van der Waals surface area contributed by atoms with Crippen LogP contribution in [0.1, 0.15) is 54.1 Å². The zero-order chi connectivity index (χ0) is 24.8. The molecule has 2 aromatic rings. The number of nitrogens with one attached hydrogen (secondary N) is 2. The van der Waals surface area contributed by atoms with E-state index >= 15 is 0 Å². The predicted octanol–water partition coefficient (Wildman–Crippen LogP) is 3.24. The summed E-state index contributed by atoms with van der Waals surface area (Å²) in [4.78, 5) is 40.5. The highest BCUT2D eigenvalue weighted by atomic mass is 16.5. The molecule has 1 heterocycles. The second-order valence-electron chi connectivity index (χ2n) is 9.45. The number of nitrogens with zero attached hydrogens (tertiary/aromatic N) is 1. The first-order chi connectivity index (χ1) is 17.0. The van der Waals surface area contributed by atoms with Crippen molar-refractivity contribution in [2.45, 2.75) is 38.1 Å². The number of benzene rings is 2. The molecule has 1 fully saturated rings. The van der Waals surface area contributed by atoms with Crippen LogP contribution in [0.25, 0.3) is 0 Å². The molecule has 1 saturated carbocycles. The first kappa shape index (κ1) is 24.9. The minimum absolute atomic E-state index is 0.0969. The van der Waals surface area contributed by atoms with Crippen LogP contribution in [-0.4, -0.2) is 44.5 Å². The quantitative estimate of drug-likeness (QED) is 0.565. The topological polar surface area (TPSA) is 114 Å². The van der Waals surface area contributed by atoms with Gasteiger partial charge in [0, 0.05) is 19.2 Å². The third-order valence-electron chi connectivity index (χ3n) is 6.98. The Balaban J connectivity index is 1.58. The summed E-state index contributed by atoms with van der Waals surface area (Å²) in [5.74, 6) is 0.274. The van der Waals surface area contributed by atoms with E-state index in [-0.39, 0.29) is 30.7 Å². The minimum atomic E-state index is -0.485. The lowest BCUT2D eigenvalue weighted by atomic mass is 9.81. The molecule has 4 N–H and O–H groups in total. The van der Waals surface area contributed by atoms with Crippen LogP contribution >= 0.6 is 0 Å². The number of anilines is 2. The number of nitrogens with two attached hydrogens (primary N) is 1. The molecule has 2 aliphatic rings. The molecule has 1 aliphatic heterocycles. The van der Waals surface area contributed by atoms with Crippen molar-refractivity contribution in [1.29, 1.82) is 0 Å². The fourth-order valence-electron chi connectivity index (χ4n) is 5.21. The normalized spacial score (nSPS) is 22.1. The van der Waals surface area contributed by atoms with Crippen LogP contribution in [-0.2, 0) is 14.3 Å². The molecule has 2 aromatic carbocycles. The van der Waals surface area contributed by atoms with Crippen LogP contribution < -0.4 is 21.3 Å². The lowest BCUT2D eigenvalue weighted by molar-refractivity contribution is -0.122. The SMILES string of the molecule is COCC(=O)N1c2ccc(C(=O)NCC3CCCC(CN)C3)cc2NC(=O)CC1c1ccccc1. The minimum Gasteiger partial charge on any atom is -0.375 e. The maximum absolute atomic E-state index is 13.1. The highest BCUT2D eigenvalue weighted by molar-refractivity contribution is 6.07. The molecular formula is C27H34N4O4. The van der Waals surface area contributed by atoms with Gasteiger partial charge in [-0.3, -0.25) is 14.4 Å². The smallest absolute Gasteiger partial charge is 0.253 e. The number of methoxy groups -OCH3 is 1. The molecule has 0 radical (unpaired) electrons. The molecule has 1 aliphatic carbocycles. The number of carbonyl (C=O) groups excluding carboxylic acids is 3. The van der Waals surface area contributed by atoms with Crippen LogP contribution in [0.2, 0.25) is 0 Å². The van der Waals surface area contributed by atoms with E-state index in [1.807, 2.05) is 30.3 Å². The van der Waals surface area contributed by atoms with Crippen molar-refractivity contribution < 1.29 is 19.1 Å². The van der Waals surface area contributed by atoms with Gasteiger partial charge >= 0.3 is 0 Å². The molecule has 186 valence electrons. The van der Waals surface area contributed by atoms with Crippen LogP contribution in [0.15, 0.2) is 48.5 Å². The summed E-state index contributed by atoms with van der Waals surface area (Å²) in [6.45, 7) is 1.18. The lowest BCUT2D eigenvalue weighted by Gasteiger charge is -2.31. The van der Waals surface area contributed by atoms with Gasteiger partial charge in [0.05, 0.1) is 23.8 Å². The van der Waals surface area contributed by atoms with E-state index in [0.717, 1.165) is 31.2 Å². The fraction of sp³-hybridized carbons (Fsp3) is 0.444. The molecule has 0 saturated heterocycles. The van der Waals surface area contributed by atoms with Gasteiger partial charge in [0.25, 0.3) is 11.8 Å². The average molecular weight is 479 g/mol. The zero-order valence-electron chi connectivity index (χ0n) is 20.2. The summed E-state index contributed by atoms with van der Waals surface area (Å²) in [6.07, 6.45) is 4.53. The molecule has 3 unspecified atom stereocenters. The molecule has 3 amide bonds. The highest BCUT2D eigenvalue weighted by Gasteiger charge is 2.34. The van der Waals surface area contributed by atoms with Gasteiger partial charge in [-0.05, 0) is 61.4 Å². The van der Waals surface area contributed by atoms with Gasteiger partial charge < -0.3 is 26.0 Å². The number of carbonyl (C=O) groups is 3. The van der Waals surface area contributed by atoms with Crippen LogP contribution in [0, 0.1) is 11.8 Å². The van der Waals surface area contributed by atoms with E-state index in [4.69, 9.17) is 10.5 Å². The summed E-state index contributed by atoms with van der Waals surface area (Å²) in [5, 5.41) is 5.94. The Bertz CT molecular complexity index is 1060. The summed E-state index contributed by atoms with van der Waals surface area (Å²) >= 11 is 0. The first-order valence-electron chi connectivity index (χ1n) is 12.3. The molecular weight excluding hydrogens is 444 g/mol. The average Bonchev–Trinajstić information content (AvgIpc) is 3.03. The van der Waals surface area contributed by atoms with Crippen molar-refractivity contribution >= 4 is 29.1 Å². The molecule has 0 bridgehead atoms. The molecule has 4 rings (SSSR count). The van der Waals surface area contributed by atoms with Gasteiger partial charge in [0.2, 0.25) is 5.91 Å². The van der Waals surface area contributed by atoms with E-state index < -0.39 is 6.04 Å². The number of hydrogen-bond acceptors (Lipinski definition) is 5. The Morgan fingerprint density at radius 3 is 2.66 bits per heavy atom. The molecule has 8 heteroatoms. The Hall–Kier alpha value is -3.23. The number of rotatable bonds is 7. The van der Waals surface area contributed by atoms with Crippen LogP contribution in [0.5, 0.6) is 0 Å². The van der Waals surface area contributed by atoms with Crippen molar-refractivity contribution in [3.05, 3.63) is 59.7 Å². The van der Waals surface area contributed by atoms with E-state index in [1.54, 1.807) is 23.1 Å². The van der Waals surface area contributed by atoms with Crippen LogP contribution in [0.3, 0.4) is 0 Å². The Morgan fingerprint density at radius 1 is 1.14 bits per heavy atom. The summed E-state index contributed by atoms with van der Waals surface area (Å²) in [6, 6.07) is 14.0. The van der Waals surface area contributed by atoms with Crippen molar-refractivity contribution in [3.8, 4) is 0 Å². The number of ether oxygens (including phenoxy) is 1. The Kier molecular flexibility index (Phi) is 8.15. The number of amides is 3. The Morgan fingerprint density at radius 2 is 1.91 bits per heavy atom. The first-order valence-corrected chi connectivity index (χ1v) is 12.3. The van der Waals surface area contributed by atoms with Crippen LogP contribution in [0.4, 0.5) is 11.4 Å². The van der Waals surface area contributed by atoms with E-state index in [1.165, 1.54) is 7.11 Å². The number of hydrogen-bond donors (Lipinski definition) is 3. The molecule has 8 nitrogen and oxygen atoms in total. The largest absolute Gasteiger partial charge is 0.375 e. The highest BCUT2D eigenvalue weighted by Crippen LogP contribution is 2.38. The second-order valence-corrected chi connectivity index (χ2v) is 9.45. The molecule has 0 aromatic heterocycles. The molecule has 0 spiro atoms. The van der Waals surface area contributed by atoms with Crippen molar-refractivity contribution in [2.24, 2.45) is 17.6 Å². The maximum atomic E-state index is 13.1. The second kappa shape index (κ2) is 11.5. The van der Waals surface area contributed by atoms with E-state index in [2.05, 4.69) is 10.6 Å². The number of fused-ring (bicyclic) bond motifs is 1.